The first-order valence-corrected chi connectivity index (χ1v) is 14.6. The van der Waals surface area contributed by atoms with E-state index in [1.165, 1.54) is 50.6 Å². The summed E-state index contributed by atoms with van der Waals surface area (Å²) in [5.74, 6) is -3.32. The van der Waals surface area contributed by atoms with Crippen LogP contribution in [0.1, 0.15) is 63.8 Å². The van der Waals surface area contributed by atoms with Gasteiger partial charge in [-0.05, 0) is 90.5 Å². The zero-order valence-electron chi connectivity index (χ0n) is 26.4. The van der Waals surface area contributed by atoms with Gasteiger partial charge in [-0.2, -0.15) is 0 Å². The van der Waals surface area contributed by atoms with Crippen molar-refractivity contribution in [1.29, 1.82) is 0 Å². The van der Waals surface area contributed by atoms with E-state index in [0.29, 0.717) is 48.1 Å². The highest BCUT2D eigenvalue weighted by atomic mass is 16.6. The van der Waals surface area contributed by atoms with Gasteiger partial charge in [0.15, 0.2) is 0 Å². The number of carboxylic acid groups (broad SMARTS) is 2. The molecule has 0 aromatic heterocycles. The summed E-state index contributed by atoms with van der Waals surface area (Å²) in [6, 6.07) is 21.1. The Kier molecular flexibility index (Phi) is 12.3. The van der Waals surface area contributed by atoms with E-state index in [1.807, 2.05) is 0 Å². The molecular formula is C35H32N2O12. The Hall–Kier alpha value is -6.41. The lowest BCUT2D eigenvalue weighted by Crippen LogP contribution is -2.17. The lowest BCUT2D eigenvalue weighted by molar-refractivity contribution is 0.0591. The Balaban J connectivity index is 1.19. The average Bonchev–Trinajstić information content (AvgIpc) is 3.11. The van der Waals surface area contributed by atoms with Gasteiger partial charge in [0.25, 0.3) is 5.91 Å². The fraction of sp³-hybridized carbons (Fsp3) is 0.171. The molecule has 0 aliphatic carbocycles. The Morgan fingerprint density at radius 3 is 1.65 bits per heavy atom. The number of anilines is 2. The van der Waals surface area contributed by atoms with Crippen LogP contribution in [0.2, 0.25) is 0 Å². The number of methoxy groups -OCH3 is 2. The number of amides is 1. The Morgan fingerprint density at radius 1 is 0.612 bits per heavy atom. The van der Waals surface area contributed by atoms with Gasteiger partial charge in [-0.15, -0.1) is 0 Å². The van der Waals surface area contributed by atoms with E-state index in [-0.39, 0.29) is 34.4 Å². The van der Waals surface area contributed by atoms with Crippen molar-refractivity contribution < 1.29 is 58.0 Å². The molecule has 14 heteroatoms. The molecule has 0 saturated heterocycles. The first-order chi connectivity index (χ1) is 23.6. The summed E-state index contributed by atoms with van der Waals surface area (Å²) in [5, 5.41) is 21.5. The molecule has 0 aliphatic heterocycles. The molecule has 0 spiro atoms. The number of esters is 2. The van der Waals surface area contributed by atoms with Gasteiger partial charge in [0, 0.05) is 12.1 Å². The number of benzene rings is 4. The van der Waals surface area contributed by atoms with E-state index < -0.39 is 29.8 Å². The van der Waals surface area contributed by atoms with Crippen LogP contribution in [0.25, 0.3) is 0 Å². The molecule has 0 bridgehead atoms. The van der Waals surface area contributed by atoms with E-state index in [0.717, 1.165) is 0 Å². The number of ether oxygens (including phenoxy) is 4. The van der Waals surface area contributed by atoms with Crippen LogP contribution in [0.3, 0.4) is 0 Å². The molecule has 0 heterocycles. The normalized spacial score (nSPS) is 10.4. The molecule has 14 nitrogen and oxygen atoms in total. The first kappa shape index (κ1) is 35.4. The molecule has 0 fully saturated rings. The maximum absolute atomic E-state index is 12.8. The summed E-state index contributed by atoms with van der Waals surface area (Å²) >= 11 is 0. The Morgan fingerprint density at radius 2 is 1.12 bits per heavy atom. The highest BCUT2D eigenvalue weighted by molar-refractivity contribution is 6.11. The monoisotopic (exact) mass is 672 g/mol. The molecule has 4 aromatic rings. The second-order valence-corrected chi connectivity index (χ2v) is 10.2. The zero-order chi connectivity index (χ0) is 35.3. The van der Waals surface area contributed by atoms with Gasteiger partial charge >= 0.3 is 23.9 Å². The van der Waals surface area contributed by atoms with E-state index in [2.05, 4.69) is 20.3 Å². The Bertz CT molecular complexity index is 1820. The molecular weight excluding hydrogens is 640 g/mol. The van der Waals surface area contributed by atoms with E-state index in [4.69, 9.17) is 14.3 Å². The van der Waals surface area contributed by atoms with Crippen LogP contribution < -0.4 is 20.3 Å². The molecule has 0 unspecified atom stereocenters. The minimum absolute atomic E-state index is 0.00177. The number of hydrogen-bond acceptors (Lipinski definition) is 11. The highest BCUT2D eigenvalue weighted by Crippen LogP contribution is 2.21. The number of carbonyl (C=O) groups is 5. The minimum atomic E-state index is -1.31. The second-order valence-electron chi connectivity index (χ2n) is 10.2. The van der Waals surface area contributed by atoms with Crippen molar-refractivity contribution in [3.8, 4) is 11.5 Å². The molecule has 0 radical (unpaired) electrons. The fourth-order valence-corrected chi connectivity index (χ4v) is 4.42. The lowest BCUT2D eigenvalue weighted by Gasteiger charge is -2.12. The van der Waals surface area contributed by atoms with Crippen LogP contribution in [0.5, 0.6) is 11.5 Å². The van der Waals surface area contributed by atoms with Gasteiger partial charge < -0.3 is 34.5 Å². The highest BCUT2D eigenvalue weighted by Gasteiger charge is 2.20. The minimum Gasteiger partial charge on any atom is -0.493 e. The van der Waals surface area contributed by atoms with Gasteiger partial charge in [0.2, 0.25) is 0 Å². The van der Waals surface area contributed by atoms with Crippen LogP contribution in [0.4, 0.5) is 11.4 Å². The van der Waals surface area contributed by atoms with Crippen molar-refractivity contribution in [2.24, 2.45) is 0 Å². The standard InChI is InChI=1S/C35H32N2O12/c1-45-34(43)21-4-14-28(32(39)40)23(18-21)20-49-37-25-8-12-27(13-9-25)48-17-3-16-47-26-10-6-24(7-11-26)36-31(38)30-19-22(35(44)46-2)5-15-29(30)33(41)42/h4-15,18-19,37H,3,16-17,20H2,1-2H3,(H,36,38)(H,39,40)(H,41,42). The summed E-state index contributed by atoms with van der Waals surface area (Å²) in [5.41, 5.74) is 3.81. The molecule has 4 aromatic carbocycles. The molecule has 0 aliphatic rings. The summed E-state index contributed by atoms with van der Waals surface area (Å²) < 4.78 is 20.8. The lowest BCUT2D eigenvalue weighted by atomic mass is 10.0. The van der Waals surface area contributed by atoms with E-state index >= 15 is 0 Å². The van der Waals surface area contributed by atoms with Gasteiger partial charge in [-0.1, -0.05) is 0 Å². The SMILES string of the molecule is COC(=O)c1ccc(C(=O)O)c(CONc2ccc(OCCCOc3ccc(NC(=O)c4cc(C(=O)OC)ccc4C(=O)O)cc3)cc2)c1. The summed E-state index contributed by atoms with van der Waals surface area (Å²) in [4.78, 5) is 65.0. The number of aromatic carboxylic acids is 2. The van der Waals surface area contributed by atoms with Gasteiger partial charge in [-0.25, -0.2) is 19.2 Å². The third-order valence-electron chi connectivity index (χ3n) is 6.88. The quantitative estimate of drug-likeness (QED) is 0.0681. The fourth-order valence-electron chi connectivity index (χ4n) is 4.42. The van der Waals surface area contributed by atoms with E-state index in [9.17, 15) is 34.2 Å². The molecule has 4 N–H and O–H groups in total. The number of rotatable bonds is 16. The molecule has 0 atom stereocenters. The number of nitrogens with one attached hydrogen (secondary N) is 2. The molecule has 49 heavy (non-hydrogen) atoms. The van der Waals surface area contributed by atoms with Gasteiger partial charge in [0.05, 0.1) is 60.9 Å². The van der Waals surface area contributed by atoms with E-state index in [1.54, 1.807) is 48.5 Å². The van der Waals surface area contributed by atoms with Crippen molar-refractivity contribution in [2.45, 2.75) is 13.0 Å². The molecule has 0 saturated carbocycles. The molecule has 254 valence electrons. The molecule has 1 amide bonds. The predicted octanol–water partition coefficient (Wildman–Crippen LogP) is 5.30. The largest absolute Gasteiger partial charge is 0.493 e. The predicted molar refractivity (Wildman–Crippen MR) is 174 cm³/mol. The average molecular weight is 673 g/mol. The third-order valence-corrected chi connectivity index (χ3v) is 6.88. The third kappa shape index (κ3) is 9.79. The van der Waals surface area contributed by atoms with Crippen molar-refractivity contribution in [3.63, 3.8) is 0 Å². The van der Waals surface area contributed by atoms with Crippen molar-refractivity contribution in [3.05, 3.63) is 118 Å². The van der Waals surface area contributed by atoms with Crippen LogP contribution in [0, 0.1) is 0 Å². The van der Waals surface area contributed by atoms with Crippen LogP contribution in [-0.2, 0) is 20.9 Å². The first-order valence-electron chi connectivity index (χ1n) is 14.6. The topological polar surface area (TPSA) is 196 Å². The second kappa shape index (κ2) is 16.9. The van der Waals surface area contributed by atoms with Crippen LogP contribution >= 0.6 is 0 Å². The van der Waals surface area contributed by atoms with Gasteiger partial charge in [-0.3, -0.25) is 15.1 Å². The van der Waals surface area contributed by atoms with Crippen molar-refractivity contribution in [1.82, 2.24) is 0 Å². The molecule has 4 rings (SSSR count). The summed E-state index contributed by atoms with van der Waals surface area (Å²) in [7, 11) is 2.42. The smallest absolute Gasteiger partial charge is 0.337 e. The number of carboxylic acids is 2. The number of carbonyl (C=O) groups excluding carboxylic acids is 3. The maximum Gasteiger partial charge on any atom is 0.337 e. The summed E-state index contributed by atoms with van der Waals surface area (Å²) in [6.07, 6.45) is 0.562. The van der Waals surface area contributed by atoms with Crippen LogP contribution in [0.15, 0.2) is 84.9 Å². The van der Waals surface area contributed by atoms with Crippen LogP contribution in [-0.4, -0.2) is 67.4 Å². The van der Waals surface area contributed by atoms with Gasteiger partial charge in [0.1, 0.15) is 18.1 Å². The Labute approximate surface area is 280 Å². The maximum atomic E-state index is 12.8. The zero-order valence-corrected chi connectivity index (χ0v) is 26.4. The number of hydrogen-bond donors (Lipinski definition) is 4. The van der Waals surface area contributed by atoms with Crippen molar-refractivity contribution in [2.75, 3.05) is 38.2 Å². The summed E-state index contributed by atoms with van der Waals surface area (Å²) in [6.45, 7) is 0.585. The van der Waals surface area contributed by atoms with Crippen molar-refractivity contribution >= 4 is 41.2 Å².